The molecule has 0 saturated carbocycles. The summed E-state index contributed by atoms with van der Waals surface area (Å²) >= 11 is 11.6. The van der Waals surface area contributed by atoms with Gasteiger partial charge in [0.1, 0.15) is 0 Å². The summed E-state index contributed by atoms with van der Waals surface area (Å²) in [6, 6.07) is 7.39. The third-order valence-corrected chi connectivity index (χ3v) is 2.87. The second-order valence-electron chi connectivity index (χ2n) is 3.65. The van der Waals surface area contributed by atoms with Crippen molar-refractivity contribution in [2.24, 2.45) is 0 Å². The average Bonchev–Trinajstić information content (AvgIpc) is 2.65. The lowest BCUT2D eigenvalue weighted by Crippen LogP contribution is -1.95. The van der Waals surface area contributed by atoms with Gasteiger partial charge in [-0.05, 0) is 37.6 Å². The summed E-state index contributed by atoms with van der Waals surface area (Å²) < 4.78 is 5.23. The molecule has 1 aromatic carbocycles. The third-order valence-electron chi connectivity index (χ3n) is 2.43. The summed E-state index contributed by atoms with van der Waals surface area (Å²) in [5.74, 6) is 1.18. The molecule has 0 atom stereocenters. The number of hydrogen-bond acceptors (Lipinski definition) is 3. The van der Waals surface area contributed by atoms with E-state index in [1.54, 1.807) is 0 Å². The van der Waals surface area contributed by atoms with Crippen molar-refractivity contribution in [3.05, 3.63) is 40.5 Å². The zero-order valence-electron chi connectivity index (χ0n) is 9.34. The Kier molecular flexibility index (Phi) is 3.92. The smallest absolute Gasteiger partial charge is 0.232 e. The van der Waals surface area contributed by atoms with Crippen LogP contribution in [0.5, 0.6) is 0 Å². The molecule has 0 fully saturated rings. The summed E-state index contributed by atoms with van der Waals surface area (Å²) in [7, 11) is 0. The van der Waals surface area contributed by atoms with Crippen molar-refractivity contribution in [2.75, 3.05) is 11.2 Å². The fourth-order valence-electron chi connectivity index (χ4n) is 1.54. The monoisotopic (exact) mass is 270 g/mol. The SMILES string of the molecule is Cc1noc(Nc2ccc(Cl)cc2)c1CCCl. The number of nitrogens with zero attached hydrogens (tertiary/aromatic N) is 1. The quantitative estimate of drug-likeness (QED) is 0.848. The molecular weight excluding hydrogens is 259 g/mol. The Labute approximate surface area is 110 Å². The first-order chi connectivity index (χ1) is 8.20. The number of aromatic nitrogens is 1. The van der Waals surface area contributed by atoms with Gasteiger partial charge in [-0.2, -0.15) is 0 Å². The first-order valence-electron chi connectivity index (χ1n) is 5.24. The predicted molar refractivity (Wildman–Crippen MR) is 70.4 cm³/mol. The minimum atomic E-state index is 0.539. The Morgan fingerprint density at radius 2 is 2.00 bits per heavy atom. The Morgan fingerprint density at radius 1 is 1.29 bits per heavy atom. The van der Waals surface area contributed by atoms with Gasteiger partial charge >= 0.3 is 0 Å². The van der Waals surface area contributed by atoms with Gasteiger partial charge in [-0.15, -0.1) is 11.6 Å². The molecule has 1 aromatic heterocycles. The average molecular weight is 271 g/mol. The van der Waals surface area contributed by atoms with Crippen LogP contribution in [0.3, 0.4) is 0 Å². The van der Waals surface area contributed by atoms with Crippen molar-refractivity contribution in [3.8, 4) is 0 Å². The fourth-order valence-corrected chi connectivity index (χ4v) is 1.86. The number of halogens is 2. The lowest BCUT2D eigenvalue weighted by molar-refractivity contribution is 0.429. The van der Waals surface area contributed by atoms with E-state index in [4.69, 9.17) is 27.7 Å². The van der Waals surface area contributed by atoms with Crippen molar-refractivity contribution >= 4 is 34.8 Å². The molecule has 90 valence electrons. The molecular formula is C12H12Cl2N2O. The molecule has 2 aromatic rings. The Balaban J connectivity index is 2.20. The van der Waals surface area contributed by atoms with Gasteiger partial charge in [0.05, 0.1) is 5.69 Å². The van der Waals surface area contributed by atoms with Gasteiger partial charge in [0, 0.05) is 22.2 Å². The van der Waals surface area contributed by atoms with Gasteiger partial charge in [0.25, 0.3) is 0 Å². The number of alkyl halides is 1. The summed E-state index contributed by atoms with van der Waals surface area (Å²) in [6.45, 7) is 1.90. The van der Waals surface area contributed by atoms with Crippen LogP contribution in [0, 0.1) is 6.92 Å². The maximum absolute atomic E-state index is 5.82. The van der Waals surface area contributed by atoms with E-state index in [1.807, 2.05) is 31.2 Å². The van der Waals surface area contributed by atoms with E-state index in [1.165, 1.54) is 0 Å². The van der Waals surface area contributed by atoms with Gasteiger partial charge in [-0.1, -0.05) is 16.8 Å². The van der Waals surface area contributed by atoms with Crippen LogP contribution >= 0.6 is 23.2 Å². The molecule has 1 N–H and O–H groups in total. The Hall–Kier alpha value is -1.19. The summed E-state index contributed by atoms with van der Waals surface area (Å²) in [5, 5.41) is 7.78. The van der Waals surface area contributed by atoms with Crippen molar-refractivity contribution in [3.63, 3.8) is 0 Å². The maximum Gasteiger partial charge on any atom is 0.232 e. The molecule has 17 heavy (non-hydrogen) atoms. The van der Waals surface area contributed by atoms with Crippen LogP contribution in [0.2, 0.25) is 5.02 Å². The van der Waals surface area contributed by atoms with Gasteiger partial charge in [0.2, 0.25) is 5.88 Å². The van der Waals surface area contributed by atoms with Crippen LogP contribution < -0.4 is 5.32 Å². The van der Waals surface area contributed by atoms with Crippen LogP contribution in [-0.2, 0) is 6.42 Å². The summed E-state index contributed by atoms with van der Waals surface area (Å²) in [6.07, 6.45) is 0.729. The highest BCUT2D eigenvalue weighted by atomic mass is 35.5. The van der Waals surface area contributed by atoms with E-state index in [2.05, 4.69) is 10.5 Å². The molecule has 5 heteroatoms. The highest BCUT2D eigenvalue weighted by Crippen LogP contribution is 2.25. The van der Waals surface area contributed by atoms with Crippen molar-refractivity contribution in [2.45, 2.75) is 13.3 Å². The number of aryl methyl sites for hydroxylation is 1. The molecule has 0 aliphatic rings. The molecule has 0 aliphatic carbocycles. The second kappa shape index (κ2) is 5.43. The fraction of sp³-hybridized carbons (Fsp3) is 0.250. The molecule has 0 unspecified atom stereocenters. The van der Waals surface area contributed by atoms with Crippen LogP contribution in [0.4, 0.5) is 11.6 Å². The molecule has 0 radical (unpaired) electrons. The molecule has 3 nitrogen and oxygen atoms in total. The third kappa shape index (κ3) is 2.93. The first kappa shape index (κ1) is 12.3. The van der Waals surface area contributed by atoms with Gasteiger partial charge in [0.15, 0.2) is 0 Å². The number of benzene rings is 1. The second-order valence-corrected chi connectivity index (χ2v) is 4.46. The van der Waals surface area contributed by atoms with Crippen LogP contribution in [0.1, 0.15) is 11.3 Å². The van der Waals surface area contributed by atoms with E-state index in [9.17, 15) is 0 Å². The van der Waals surface area contributed by atoms with Crippen molar-refractivity contribution in [1.82, 2.24) is 5.16 Å². The van der Waals surface area contributed by atoms with Crippen LogP contribution in [0.25, 0.3) is 0 Å². The minimum Gasteiger partial charge on any atom is -0.338 e. The summed E-state index contributed by atoms with van der Waals surface area (Å²) in [4.78, 5) is 0. The van der Waals surface area contributed by atoms with E-state index in [0.29, 0.717) is 16.8 Å². The number of hydrogen-bond donors (Lipinski definition) is 1. The molecule has 0 aliphatic heterocycles. The van der Waals surface area contributed by atoms with Gasteiger partial charge in [-0.25, -0.2) is 0 Å². The number of nitrogens with one attached hydrogen (secondary N) is 1. The van der Waals surface area contributed by atoms with E-state index < -0.39 is 0 Å². The first-order valence-corrected chi connectivity index (χ1v) is 6.15. The maximum atomic E-state index is 5.82. The van der Waals surface area contributed by atoms with Gasteiger partial charge < -0.3 is 9.84 Å². The molecule has 0 saturated heterocycles. The summed E-state index contributed by atoms with van der Waals surface area (Å²) in [5.41, 5.74) is 2.78. The molecule has 0 bridgehead atoms. The standard InChI is InChI=1S/C12H12Cl2N2O/c1-8-11(6-7-13)12(17-16-8)15-10-4-2-9(14)3-5-10/h2-5,15H,6-7H2,1H3. The number of rotatable bonds is 4. The topological polar surface area (TPSA) is 38.1 Å². The van der Waals surface area contributed by atoms with Crippen molar-refractivity contribution < 1.29 is 4.52 Å². The zero-order chi connectivity index (χ0) is 12.3. The van der Waals surface area contributed by atoms with Crippen LogP contribution in [-0.4, -0.2) is 11.0 Å². The highest BCUT2D eigenvalue weighted by molar-refractivity contribution is 6.30. The van der Waals surface area contributed by atoms with Crippen LogP contribution in [0.15, 0.2) is 28.8 Å². The highest BCUT2D eigenvalue weighted by Gasteiger charge is 2.12. The van der Waals surface area contributed by atoms with E-state index in [-0.39, 0.29) is 0 Å². The molecule has 0 amide bonds. The molecule has 0 spiro atoms. The predicted octanol–water partition coefficient (Wildman–Crippen LogP) is 4.16. The Morgan fingerprint density at radius 3 is 2.65 bits per heavy atom. The van der Waals surface area contributed by atoms with Gasteiger partial charge in [-0.3, -0.25) is 0 Å². The van der Waals surface area contributed by atoms with Crippen molar-refractivity contribution in [1.29, 1.82) is 0 Å². The zero-order valence-corrected chi connectivity index (χ0v) is 10.8. The van der Waals surface area contributed by atoms with E-state index >= 15 is 0 Å². The number of anilines is 2. The van der Waals surface area contributed by atoms with E-state index in [0.717, 1.165) is 23.4 Å². The largest absolute Gasteiger partial charge is 0.338 e. The molecule has 1 heterocycles. The lowest BCUT2D eigenvalue weighted by Gasteiger charge is -2.04. The lowest BCUT2D eigenvalue weighted by atomic mass is 10.2. The Bertz CT molecular complexity index is 494. The minimum absolute atomic E-state index is 0.539. The molecule has 2 rings (SSSR count). The normalized spacial score (nSPS) is 10.5.